The molecule has 2 aromatic rings. The second-order valence-electron chi connectivity index (χ2n) is 6.99. The van der Waals surface area contributed by atoms with Gasteiger partial charge in [-0.2, -0.15) is 0 Å². The molecule has 0 aliphatic carbocycles. The van der Waals surface area contributed by atoms with Crippen molar-refractivity contribution in [3.05, 3.63) is 48.0 Å². The van der Waals surface area contributed by atoms with Crippen molar-refractivity contribution in [2.75, 3.05) is 38.7 Å². The highest BCUT2D eigenvalue weighted by Crippen LogP contribution is 2.30. The third kappa shape index (κ3) is 3.42. The van der Waals surface area contributed by atoms with E-state index in [1.54, 1.807) is 19.2 Å². The molecular weight excluding hydrogens is 374 g/mol. The highest BCUT2D eigenvalue weighted by molar-refractivity contribution is 6.10. The molecule has 2 N–H and O–H groups in total. The van der Waals surface area contributed by atoms with E-state index in [2.05, 4.69) is 5.32 Å². The molecule has 8 heteroatoms. The van der Waals surface area contributed by atoms with Crippen LogP contribution in [0.15, 0.2) is 42.5 Å². The number of aliphatic hydroxyl groups is 1. The first-order chi connectivity index (χ1) is 14.0. The molecule has 1 saturated heterocycles. The van der Waals surface area contributed by atoms with Crippen LogP contribution in [0.4, 0.5) is 5.69 Å². The number of ether oxygens (including phenoxy) is 1. The number of carbonyl (C=O) groups excluding carboxylic acids is 3. The fraction of sp³-hybridized carbons (Fsp3) is 0.286. The Morgan fingerprint density at radius 1 is 1.14 bits per heavy atom. The van der Waals surface area contributed by atoms with Crippen molar-refractivity contribution in [2.24, 2.45) is 0 Å². The number of amides is 3. The second kappa shape index (κ2) is 7.56. The maximum Gasteiger partial charge on any atom is 0.256 e. The average molecular weight is 395 g/mol. The number of methoxy groups -OCH3 is 1. The van der Waals surface area contributed by atoms with Crippen LogP contribution in [0.25, 0.3) is 11.1 Å². The van der Waals surface area contributed by atoms with Gasteiger partial charge in [0.25, 0.3) is 5.91 Å². The van der Waals surface area contributed by atoms with Gasteiger partial charge in [-0.15, -0.1) is 0 Å². The zero-order valence-corrected chi connectivity index (χ0v) is 15.9. The van der Waals surface area contributed by atoms with Gasteiger partial charge in [-0.1, -0.05) is 18.2 Å². The number of nitrogens with one attached hydrogen (secondary N) is 1. The van der Waals surface area contributed by atoms with Crippen molar-refractivity contribution in [1.29, 1.82) is 0 Å². The molecule has 2 aliphatic rings. The van der Waals surface area contributed by atoms with Gasteiger partial charge in [-0.05, 0) is 35.4 Å². The number of nitrogens with zero attached hydrogens (tertiary/aromatic N) is 2. The molecule has 1 fully saturated rings. The number of anilines is 1. The first kappa shape index (κ1) is 18.9. The van der Waals surface area contributed by atoms with Crippen molar-refractivity contribution < 1.29 is 24.2 Å². The third-order valence-corrected chi connectivity index (χ3v) is 5.36. The molecule has 8 nitrogen and oxygen atoms in total. The van der Waals surface area contributed by atoms with Crippen LogP contribution in [0.3, 0.4) is 0 Å². The Morgan fingerprint density at radius 2 is 1.86 bits per heavy atom. The summed E-state index contributed by atoms with van der Waals surface area (Å²) < 4.78 is 5.18. The summed E-state index contributed by atoms with van der Waals surface area (Å²) in [5, 5.41) is 11.9. The van der Waals surface area contributed by atoms with Gasteiger partial charge in [0, 0.05) is 13.1 Å². The van der Waals surface area contributed by atoms with Gasteiger partial charge in [-0.3, -0.25) is 14.4 Å². The number of carbonyl (C=O) groups is 3. The summed E-state index contributed by atoms with van der Waals surface area (Å²) in [6.45, 7) is -0.0404. The van der Waals surface area contributed by atoms with E-state index in [4.69, 9.17) is 9.84 Å². The Bertz CT molecular complexity index is 973. The summed E-state index contributed by atoms with van der Waals surface area (Å²) in [5.41, 5.74) is 2.64. The zero-order valence-electron chi connectivity index (χ0n) is 15.9. The van der Waals surface area contributed by atoms with Crippen molar-refractivity contribution in [2.45, 2.75) is 6.04 Å². The first-order valence-electron chi connectivity index (χ1n) is 9.30. The van der Waals surface area contributed by atoms with Gasteiger partial charge >= 0.3 is 0 Å². The molecule has 29 heavy (non-hydrogen) atoms. The monoisotopic (exact) mass is 395 g/mol. The van der Waals surface area contributed by atoms with E-state index < -0.39 is 18.6 Å². The molecule has 0 spiro atoms. The van der Waals surface area contributed by atoms with Crippen LogP contribution in [-0.4, -0.2) is 72.0 Å². The molecule has 3 amide bonds. The van der Waals surface area contributed by atoms with E-state index in [9.17, 15) is 14.4 Å². The molecule has 2 aromatic carbocycles. The van der Waals surface area contributed by atoms with Crippen molar-refractivity contribution in [3.8, 4) is 16.9 Å². The molecule has 150 valence electrons. The highest BCUT2D eigenvalue weighted by Gasteiger charge is 2.40. The summed E-state index contributed by atoms with van der Waals surface area (Å²) in [5.74, 6) is -0.307. The average Bonchev–Trinajstić information content (AvgIpc) is 2.87. The number of hydrogen-bond acceptors (Lipinski definition) is 5. The smallest absolute Gasteiger partial charge is 0.256 e. The van der Waals surface area contributed by atoms with Gasteiger partial charge in [0.15, 0.2) is 0 Å². The third-order valence-electron chi connectivity index (χ3n) is 5.36. The Hall–Kier alpha value is -3.39. The van der Waals surface area contributed by atoms with Crippen LogP contribution in [-0.2, 0) is 9.59 Å². The lowest BCUT2D eigenvalue weighted by atomic mass is 10.0. The quantitative estimate of drug-likeness (QED) is 0.807. The molecule has 2 heterocycles. The van der Waals surface area contributed by atoms with Crippen molar-refractivity contribution in [1.82, 2.24) is 9.80 Å². The normalized spacial score (nSPS) is 18.5. The van der Waals surface area contributed by atoms with Crippen LogP contribution in [0, 0.1) is 0 Å². The van der Waals surface area contributed by atoms with Crippen LogP contribution in [0.1, 0.15) is 10.4 Å². The maximum atomic E-state index is 13.2. The Morgan fingerprint density at radius 3 is 2.55 bits per heavy atom. The fourth-order valence-electron chi connectivity index (χ4n) is 3.74. The van der Waals surface area contributed by atoms with Gasteiger partial charge in [0.2, 0.25) is 11.8 Å². The fourth-order valence-corrected chi connectivity index (χ4v) is 3.74. The van der Waals surface area contributed by atoms with E-state index in [0.29, 0.717) is 11.3 Å². The lowest BCUT2D eigenvalue weighted by Crippen LogP contribution is -2.59. The van der Waals surface area contributed by atoms with Crippen LogP contribution < -0.4 is 10.1 Å². The van der Waals surface area contributed by atoms with Crippen molar-refractivity contribution in [3.63, 3.8) is 0 Å². The maximum absolute atomic E-state index is 13.2. The van der Waals surface area contributed by atoms with Crippen LogP contribution in [0.5, 0.6) is 5.75 Å². The standard InChI is InChI=1S/C21H21N3O5/c1-29-15-5-2-13(3-6-15)14-4-7-17-16(10-14)21(28)24-9-8-23(19(26)12-25)11-18(24)20(27)22-17/h2-7,10,18,25H,8-9,11-12H2,1H3,(H,22,27)/t18-/m1/s1. The Balaban J connectivity index is 1.66. The SMILES string of the molecule is COc1ccc(-c2ccc3c(c2)C(=O)N2CCN(C(=O)CO)C[C@@H]2C(=O)N3)cc1. The lowest BCUT2D eigenvalue weighted by Gasteiger charge is -2.39. The summed E-state index contributed by atoms with van der Waals surface area (Å²) in [6.07, 6.45) is 0. The van der Waals surface area contributed by atoms with E-state index in [0.717, 1.165) is 16.9 Å². The molecule has 0 bridgehead atoms. The predicted octanol–water partition coefficient (Wildman–Crippen LogP) is 0.960. The summed E-state index contributed by atoms with van der Waals surface area (Å²) in [6, 6.07) is 12.1. The molecule has 0 unspecified atom stereocenters. The van der Waals surface area contributed by atoms with Crippen LogP contribution >= 0.6 is 0 Å². The summed E-state index contributed by atoms with van der Waals surface area (Å²) >= 11 is 0. The van der Waals surface area contributed by atoms with E-state index in [-0.39, 0.29) is 31.4 Å². The Labute approximate surface area is 167 Å². The highest BCUT2D eigenvalue weighted by atomic mass is 16.5. The molecule has 1 atom stereocenters. The lowest BCUT2D eigenvalue weighted by molar-refractivity contribution is -0.138. The largest absolute Gasteiger partial charge is 0.497 e. The number of aliphatic hydroxyl groups excluding tert-OH is 1. The Kier molecular flexibility index (Phi) is 4.94. The van der Waals surface area contributed by atoms with E-state index >= 15 is 0 Å². The molecule has 0 saturated carbocycles. The molecular formula is C21H21N3O5. The number of rotatable bonds is 3. The first-order valence-corrected chi connectivity index (χ1v) is 9.30. The molecule has 4 rings (SSSR count). The minimum Gasteiger partial charge on any atom is -0.497 e. The van der Waals surface area contributed by atoms with E-state index in [1.807, 2.05) is 30.3 Å². The number of hydrogen-bond donors (Lipinski definition) is 2. The van der Waals surface area contributed by atoms with Gasteiger partial charge in [-0.25, -0.2) is 0 Å². The van der Waals surface area contributed by atoms with Gasteiger partial charge < -0.3 is 25.0 Å². The second-order valence-corrected chi connectivity index (χ2v) is 6.99. The topological polar surface area (TPSA) is 99.2 Å². The van der Waals surface area contributed by atoms with Crippen LogP contribution in [0.2, 0.25) is 0 Å². The summed E-state index contributed by atoms with van der Waals surface area (Å²) in [7, 11) is 1.60. The predicted molar refractivity (Wildman–Crippen MR) is 106 cm³/mol. The number of benzene rings is 2. The number of piperazine rings is 1. The zero-order chi connectivity index (χ0) is 20.5. The van der Waals surface area contributed by atoms with Gasteiger partial charge in [0.1, 0.15) is 18.4 Å². The molecule has 0 radical (unpaired) electrons. The molecule has 2 aliphatic heterocycles. The minimum absolute atomic E-state index is 0.0658. The van der Waals surface area contributed by atoms with E-state index in [1.165, 1.54) is 9.80 Å². The van der Waals surface area contributed by atoms with Gasteiger partial charge in [0.05, 0.1) is 24.9 Å². The summed E-state index contributed by atoms with van der Waals surface area (Å²) in [4.78, 5) is 40.6. The number of fused-ring (bicyclic) bond motifs is 2. The minimum atomic E-state index is -0.788. The molecule has 0 aromatic heterocycles. The van der Waals surface area contributed by atoms with Crippen molar-refractivity contribution >= 4 is 23.4 Å².